The van der Waals surface area contributed by atoms with Gasteiger partial charge in [-0.2, -0.15) is 10.5 Å². The highest BCUT2D eigenvalue weighted by Gasteiger charge is 2.10. The number of nitrogen functional groups attached to an aromatic ring is 2. The summed E-state index contributed by atoms with van der Waals surface area (Å²) in [5.74, 6) is 0.0870. The van der Waals surface area contributed by atoms with Crippen molar-refractivity contribution in [1.82, 2.24) is 4.98 Å². The van der Waals surface area contributed by atoms with Gasteiger partial charge in [0.25, 0.3) is 0 Å². The van der Waals surface area contributed by atoms with Crippen LogP contribution in [0.2, 0.25) is 0 Å². The van der Waals surface area contributed by atoms with Gasteiger partial charge in [0.15, 0.2) is 0 Å². The van der Waals surface area contributed by atoms with E-state index in [0.717, 1.165) is 0 Å². The van der Waals surface area contributed by atoms with Gasteiger partial charge in [-0.25, -0.2) is 0 Å². The first-order valence-electron chi connectivity index (χ1n) is 3.23. The van der Waals surface area contributed by atoms with Crippen molar-refractivity contribution in [3.05, 3.63) is 15.8 Å². The molecule has 0 amide bonds. The van der Waals surface area contributed by atoms with Crippen molar-refractivity contribution >= 4 is 23.7 Å². The van der Waals surface area contributed by atoms with E-state index in [1.807, 2.05) is 0 Å². The van der Waals surface area contributed by atoms with E-state index in [2.05, 4.69) is 4.98 Å². The zero-order valence-corrected chi connectivity index (χ0v) is 7.27. The van der Waals surface area contributed by atoms with Gasteiger partial charge in [-0.1, -0.05) is 12.2 Å². The van der Waals surface area contributed by atoms with Crippen LogP contribution < -0.4 is 11.5 Å². The first-order chi connectivity index (χ1) is 6.11. The van der Waals surface area contributed by atoms with Crippen LogP contribution in [0.15, 0.2) is 0 Å². The van der Waals surface area contributed by atoms with E-state index in [9.17, 15) is 0 Å². The number of nitrogens with zero attached hydrogens (tertiary/aromatic N) is 2. The molecular weight excluding hydrogens is 186 g/mol. The predicted octanol–water partition coefficient (Wildman–Crippen LogP) is 0.652. The van der Waals surface area contributed by atoms with Crippen LogP contribution in [0.3, 0.4) is 0 Å². The number of nitrogens with one attached hydrogen (secondary N) is 1. The van der Waals surface area contributed by atoms with Crippen molar-refractivity contribution in [3.63, 3.8) is 0 Å². The Labute approximate surface area is 79.2 Å². The first-order valence-corrected chi connectivity index (χ1v) is 3.64. The average molecular weight is 191 g/mol. The van der Waals surface area contributed by atoms with Crippen molar-refractivity contribution in [2.75, 3.05) is 11.5 Å². The Morgan fingerprint density at radius 3 is 2.15 bits per heavy atom. The number of aromatic amines is 1. The minimum atomic E-state index is 0.0336. The number of hydrogen-bond acceptors (Lipinski definition) is 5. The Hall–Kier alpha value is -2.05. The molecule has 0 aliphatic carbocycles. The van der Waals surface area contributed by atoms with Crippen LogP contribution in [-0.2, 0) is 0 Å². The maximum atomic E-state index is 8.64. The zero-order valence-electron chi connectivity index (χ0n) is 6.46. The molecular formula is C7H5N5S. The molecule has 5 N–H and O–H groups in total. The van der Waals surface area contributed by atoms with Gasteiger partial charge in [0.1, 0.15) is 33.7 Å². The highest BCUT2D eigenvalue weighted by Crippen LogP contribution is 2.20. The van der Waals surface area contributed by atoms with Gasteiger partial charge in [0.2, 0.25) is 0 Å². The summed E-state index contributed by atoms with van der Waals surface area (Å²) in [6, 6.07) is 3.59. The Bertz CT molecular complexity index is 487. The summed E-state index contributed by atoms with van der Waals surface area (Å²) in [5.41, 5.74) is 11.1. The molecule has 0 spiro atoms. The van der Waals surface area contributed by atoms with E-state index in [-0.39, 0.29) is 27.3 Å². The fourth-order valence-electron chi connectivity index (χ4n) is 0.871. The van der Waals surface area contributed by atoms with Gasteiger partial charge in [-0.15, -0.1) is 0 Å². The Morgan fingerprint density at radius 2 is 1.69 bits per heavy atom. The lowest BCUT2D eigenvalue weighted by atomic mass is 10.1. The smallest absolute Gasteiger partial charge is 0.124 e. The lowest BCUT2D eigenvalue weighted by Crippen LogP contribution is -2.03. The van der Waals surface area contributed by atoms with Gasteiger partial charge in [-0.05, 0) is 0 Å². The number of aromatic nitrogens is 1. The maximum absolute atomic E-state index is 8.64. The number of rotatable bonds is 0. The lowest BCUT2D eigenvalue weighted by Gasteiger charge is -2.03. The summed E-state index contributed by atoms with van der Waals surface area (Å²) in [5, 5.41) is 17.3. The minimum absolute atomic E-state index is 0.0336. The van der Waals surface area contributed by atoms with E-state index in [0.29, 0.717) is 0 Å². The van der Waals surface area contributed by atoms with Crippen molar-refractivity contribution in [1.29, 1.82) is 10.5 Å². The standard InChI is InChI=1S/C7H5N5S/c8-1-3-5(10)4(2-9)7(13)12-6(3)11/h(H5,10,11,12,13). The highest BCUT2D eigenvalue weighted by atomic mass is 32.1. The molecule has 5 nitrogen and oxygen atoms in total. The number of pyridine rings is 1. The number of anilines is 2. The Kier molecular flexibility index (Phi) is 2.18. The Morgan fingerprint density at radius 1 is 1.15 bits per heavy atom. The summed E-state index contributed by atoms with van der Waals surface area (Å²) in [6.07, 6.45) is 0. The monoisotopic (exact) mass is 191 g/mol. The molecule has 0 radical (unpaired) electrons. The van der Waals surface area contributed by atoms with Gasteiger partial charge < -0.3 is 16.5 Å². The second-order valence-electron chi connectivity index (χ2n) is 2.26. The van der Waals surface area contributed by atoms with Gasteiger partial charge in [0, 0.05) is 0 Å². The fourth-order valence-corrected chi connectivity index (χ4v) is 1.14. The molecule has 6 heteroatoms. The van der Waals surface area contributed by atoms with Gasteiger partial charge in [0.05, 0.1) is 5.69 Å². The first kappa shape index (κ1) is 9.04. The maximum Gasteiger partial charge on any atom is 0.124 e. The summed E-state index contributed by atoms with van der Waals surface area (Å²) < 4.78 is 0.150. The van der Waals surface area contributed by atoms with E-state index >= 15 is 0 Å². The molecule has 0 fully saturated rings. The summed E-state index contributed by atoms with van der Waals surface area (Å²) in [7, 11) is 0. The SMILES string of the molecule is N#Cc1c(N)[nH]c(=S)c(C#N)c1N. The minimum Gasteiger partial charge on any atom is -0.396 e. The van der Waals surface area contributed by atoms with Crippen LogP contribution in [0, 0.1) is 27.3 Å². The average Bonchev–Trinajstić information content (AvgIpc) is 2.04. The fraction of sp³-hybridized carbons (Fsp3) is 0. The second kappa shape index (κ2) is 3.13. The van der Waals surface area contributed by atoms with Gasteiger partial charge in [-0.3, -0.25) is 0 Å². The number of hydrogen-bond donors (Lipinski definition) is 3. The van der Waals surface area contributed by atoms with E-state index < -0.39 is 0 Å². The van der Waals surface area contributed by atoms with Crippen molar-refractivity contribution in [2.45, 2.75) is 0 Å². The van der Waals surface area contributed by atoms with E-state index in [1.54, 1.807) is 12.1 Å². The quantitative estimate of drug-likeness (QED) is 0.521. The molecule has 0 aromatic carbocycles. The lowest BCUT2D eigenvalue weighted by molar-refractivity contribution is 1.26. The van der Waals surface area contributed by atoms with Crippen LogP contribution in [0.5, 0.6) is 0 Å². The summed E-state index contributed by atoms with van der Waals surface area (Å²) >= 11 is 4.79. The van der Waals surface area contributed by atoms with Gasteiger partial charge >= 0.3 is 0 Å². The van der Waals surface area contributed by atoms with Crippen LogP contribution in [0.1, 0.15) is 11.1 Å². The van der Waals surface area contributed by atoms with Crippen LogP contribution in [0.25, 0.3) is 0 Å². The summed E-state index contributed by atoms with van der Waals surface area (Å²) in [4.78, 5) is 2.52. The molecule has 13 heavy (non-hydrogen) atoms. The van der Waals surface area contributed by atoms with Crippen molar-refractivity contribution < 1.29 is 0 Å². The molecule has 0 aliphatic rings. The number of nitriles is 2. The topological polar surface area (TPSA) is 115 Å². The van der Waals surface area contributed by atoms with E-state index in [1.165, 1.54) is 0 Å². The molecule has 0 saturated heterocycles. The number of H-pyrrole nitrogens is 1. The molecule has 64 valence electrons. The molecule has 1 aromatic heterocycles. The molecule has 0 saturated carbocycles. The second-order valence-corrected chi connectivity index (χ2v) is 2.66. The molecule has 0 atom stereocenters. The molecule has 1 rings (SSSR count). The van der Waals surface area contributed by atoms with Crippen molar-refractivity contribution in [3.8, 4) is 12.1 Å². The van der Waals surface area contributed by atoms with Crippen LogP contribution in [0.4, 0.5) is 11.5 Å². The molecule has 0 unspecified atom stereocenters. The third-order valence-corrected chi connectivity index (χ3v) is 1.81. The van der Waals surface area contributed by atoms with Crippen LogP contribution in [-0.4, -0.2) is 4.98 Å². The third kappa shape index (κ3) is 1.31. The largest absolute Gasteiger partial charge is 0.396 e. The molecule has 1 heterocycles. The predicted molar refractivity (Wildman–Crippen MR) is 49.9 cm³/mol. The summed E-state index contributed by atoms with van der Waals surface area (Å²) in [6.45, 7) is 0. The highest BCUT2D eigenvalue weighted by molar-refractivity contribution is 7.71. The normalized spacial score (nSPS) is 8.77. The Balaban J connectivity index is 3.74. The zero-order chi connectivity index (χ0) is 10.0. The van der Waals surface area contributed by atoms with Crippen LogP contribution >= 0.6 is 12.2 Å². The molecule has 0 bridgehead atoms. The van der Waals surface area contributed by atoms with E-state index in [4.69, 9.17) is 34.2 Å². The molecule has 1 aromatic rings. The van der Waals surface area contributed by atoms with Crippen molar-refractivity contribution in [2.24, 2.45) is 0 Å². The third-order valence-electron chi connectivity index (χ3n) is 1.51. The molecule has 0 aliphatic heterocycles. The number of nitrogens with two attached hydrogens (primary N) is 2.